The number of carbonyl (C=O) groups is 1. The zero-order chi connectivity index (χ0) is 12.6. The third kappa shape index (κ3) is 2.25. The van der Waals surface area contributed by atoms with Gasteiger partial charge in [0.05, 0.1) is 19.3 Å². The summed E-state index contributed by atoms with van der Waals surface area (Å²) in [4.78, 5) is 11.0. The lowest BCUT2D eigenvalue weighted by molar-refractivity contribution is -0.159. The number of rotatable bonds is 2. The Labute approximate surface area is 103 Å². The zero-order valence-electron chi connectivity index (χ0n) is 11.2. The number of hydrogen-bond acceptors (Lipinski definition) is 3. The second kappa shape index (κ2) is 4.45. The quantitative estimate of drug-likeness (QED) is 0.548. The molecule has 0 spiro atoms. The van der Waals surface area contributed by atoms with Crippen molar-refractivity contribution in [3.05, 3.63) is 11.6 Å². The lowest BCUT2D eigenvalue weighted by atomic mass is 9.63. The van der Waals surface area contributed by atoms with E-state index in [1.54, 1.807) is 0 Å². The highest BCUT2D eigenvalue weighted by Gasteiger charge is 2.47. The summed E-state index contributed by atoms with van der Waals surface area (Å²) in [6.45, 7) is 9.16. The molecule has 1 aliphatic heterocycles. The summed E-state index contributed by atoms with van der Waals surface area (Å²) in [6.07, 6.45) is 3.69. The lowest BCUT2D eigenvalue weighted by Crippen LogP contribution is -2.50. The summed E-state index contributed by atoms with van der Waals surface area (Å²) < 4.78 is 11.1. The highest BCUT2D eigenvalue weighted by atomic mass is 16.5. The Morgan fingerprint density at radius 3 is 2.94 bits per heavy atom. The van der Waals surface area contributed by atoms with Gasteiger partial charge in [-0.3, -0.25) is 4.79 Å². The van der Waals surface area contributed by atoms with Gasteiger partial charge in [-0.15, -0.1) is 0 Å². The molecule has 1 saturated heterocycles. The molecule has 17 heavy (non-hydrogen) atoms. The van der Waals surface area contributed by atoms with Gasteiger partial charge in [0.15, 0.2) is 0 Å². The van der Waals surface area contributed by atoms with E-state index in [1.165, 1.54) is 12.5 Å². The number of hydrogen-bond donors (Lipinski definition) is 0. The van der Waals surface area contributed by atoms with Crippen LogP contribution < -0.4 is 0 Å². The van der Waals surface area contributed by atoms with E-state index < -0.39 is 0 Å². The van der Waals surface area contributed by atoms with Crippen LogP contribution in [0, 0.1) is 17.3 Å². The molecule has 0 aromatic rings. The van der Waals surface area contributed by atoms with Crippen LogP contribution in [-0.2, 0) is 14.3 Å². The second-order valence-corrected chi connectivity index (χ2v) is 5.67. The van der Waals surface area contributed by atoms with E-state index in [0.29, 0.717) is 25.0 Å². The summed E-state index contributed by atoms with van der Waals surface area (Å²) in [5.41, 5.74) is 1.41. The fourth-order valence-electron chi connectivity index (χ4n) is 3.10. The molecule has 1 aliphatic carbocycles. The summed E-state index contributed by atoms with van der Waals surface area (Å²) in [5.74, 6) is 0.689. The maximum absolute atomic E-state index is 11.0. The standard InChI is InChI=1S/C14H22O3/c1-9-5-10(2)14(8-17-12(4)15)6-13(9)11(3)16-7-14/h5,10-11,13H,6-8H2,1-4H3/t10?,11?,13-,14-/m1/s1. The minimum Gasteiger partial charge on any atom is -0.465 e. The summed E-state index contributed by atoms with van der Waals surface area (Å²) in [6, 6.07) is 0. The Bertz CT molecular complexity index is 347. The van der Waals surface area contributed by atoms with Gasteiger partial charge in [-0.2, -0.15) is 0 Å². The molecule has 4 atom stereocenters. The molecule has 2 aliphatic rings. The molecule has 3 nitrogen and oxygen atoms in total. The van der Waals surface area contributed by atoms with Gasteiger partial charge in [-0.1, -0.05) is 18.6 Å². The van der Waals surface area contributed by atoms with Crippen molar-refractivity contribution in [2.45, 2.75) is 40.2 Å². The molecule has 3 heteroatoms. The molecule has 2 bridgehead atoms. The minimum absolute atomic E-state index is 0.0116. The van der Waals surface area contributed by atoms with Crippen LogP contribution in [0.15, 0.2) is 11.6 Å². The van der Waals surface area contributed by atoms with E-state index in [9.17, 15) is 4.79 Å². The van der Waals surface area contributed by atoms with Gasteiger partial charge in [0, 0.05) is 18.3 Å². The van der Waals surface area contributed by atoms with Crippen LogP contribution in [0.1, 0.15) is 34.1 Å². The first-order valence-electron chi connectivity index (χ1n) is 6.38. The Kier molecular flexibility index (Phi) is 3.30. The molecular formula is C14H22O3. The van der Waals surface area contributed by atoms with Gasteiger partial charge in [0.25, 0.3) is 0 Å². The fraction of sp³-hybridized carbons (Fsp3) is 0.786. The Morgan fingerprint density at radius 1 is 1.59 bits per heavy atom. The van der Waals surface area contributed by atoms with E-state index in [2.05, 4.69) is 26.8 Å². The van der Waals surface area contributed by atoms with Crippen LogP contribution in [0.25, 0.3) is 0 Å². The van der Waals surface area contributed by atoms with Crippen molar-refractivity contribution in [1.29, 1.82) is 0 Å². The van der Waals surface area contributed by atoms with Crippen LogP contribution in [0.4, 0.5) is 0 Å². The van der Waals surface area contributed by atoms with Gasteiger partial charge in [-0.25, -0.2) is 0 Å². The van der Waals surface area contributed by atoms with E-state index in [1.807, 2.05) is 0 Å². The van der Waals surface area contributed by atoms with Gasteiger partial charge in [-0.05, 0) is 26.2 Å². The van der Waals surface area contributed by atoms with Crippen molar-refractivity contribution in [1.82, 2.24) is 0 Å². The van der Waals surface area contributed by atoms with Crippen LogP contribution in [-0.4, -0.2) is 25.3 Å². The largest absolute Gasteiger partial charge is 0.465 e. The average molecular weight is 238 g/mol. The fourth-order valence-corrected chi connectivity index (χ4v) is 3.10. The summed E-state index contributed by atoms with van der Waals surface area (Å²) in [7, 11) is 0. The molecule has 1 heterocycles. The van der Waals surface area contributed by atoms with Crippen LogP contribution >= 0.6 is 0 Å². The van der Waals surface area contributed by atoms with E-state index >= 15 is 0 Å². The monoisotopic (exact) mass is 238 g/mol. The third-order valence-corrected chi connectivity index (χ3v) is 4.45. The average Bonchev–Trinajstić information content (AvgIpc) is 2.27. The molecule has 1 fully saturated rings. The number of ether oxygens (including phenoxy) is 2. The van der Waals surface area contributed by atoms with Crippen molar-refractivity contribution < 1.29 is 14.3 Å². The Hall–Kier alpha value is -0.830. The molecular weight excluding hydrogens is 216 g/mol. The Morgan fingerprint density at radius 2 is 2.29 bits per heavy atom. The molecule has 2 unspecified atom stereocenters. The van der Waals surface area contributed by atoms with E-state index in [-0.39, 0.29) is 17.5 Å². The van der Waals surface area contributed by atoms with Crippen molar-refractivity contribution >= 4 is 5.97 Å². The van der Waals surface area contributed by atoms with Crippen molar-refractivity contribution in [2.24, 2.45) is 17.3 Å². The molecule has 0 amide bonds. The SMILES string of the molecule is CC(=O)OC[C@]12COC(C)[C@H](C1)C(C)=CC2C. The summed E-state index contributed by atoms with van der Waals surface area (Å²) in [5, 5.41) is 0. The normalized spacial score (nSPS) is 40.7. The van der Waals surface area contributed by atoms with Gasteiger partial charge < -0.3 is 9.47 Å². The number of carbonyl (C=O) groups excluding carboxylic acids is 1. The number of allylic oxidation sites excluding steroid dienone is 1. The highest BCUT2D eigenvalue weighted by molar-refractivity contribution is 5.65. The van der Waals surface area contributed by atoms with Crippen LogP contribution in [0.2, 0.25) is 0 Å². The predicted molar refractivity (Wildman–Crippen MR) is 65.5 cm³/mol. The van der Waals surface area contributed by atoms with E-state index in [0.717, 1.165) is 6.42 Å². The third-order valence-electron chi connectivity index (χ3n) is 4.45. The molecule has 0 N–H and O–H groups in total. The lowest BCUT2D eigenvalue weighted by Gasteiger charge is -2.49. The molecule has 96 valence electrons. The second-order valence-electron chi connectivity index (χ2n) is 5.67. The van der Waals surface area contributed by atoms with Gasteiger partial charge in [0.1, 0.15) is 0 Å². The zero-order valence-corrected chi connectivity index (χ0v) is 11.2. The summed E-state index contributed by atoms with van der Waals surface area (Å²) >= 11 is 0. The topological polar surface area (TPSA) is 35.5 Å². The molecule has 0 saturated carbocycles. The Balaban J connectivity index is 2.19. The maximum atomic E-state index is 11.0. The van der Waals surface area contributed by atoms with Crippen molar-refractivity contribution in [3.8, 4) is 0 Å². The number of esters is 1. The minimum atomic E-state index is -0.201. The first kappa shape index (κ1) is 12.6. The molecule has 0 radical (unpaired) electrons. The first-order chi connectivity index (χ1) is 7.94. The maximum Gasteiger partial charge on any atom is 0.302 e. The van der Waals surface area contributed by atoms with Crippen LogP contribution in [0.3, 0.4) is 0 Å². The van der Waals surface area contributed by atoms with Crippen LogP contribution in [0.5, 0.6) is 0 Å². The van der Waals surface area contributed by atoms with Gasteiger partial charge in [0.2, 0.25) is 0 Å². The smallest absolute Gasteiger partial charge is 0.302 e. The van der Waals surface area contributed by atoms with E-state index in [4.69, 9.17) is 9.47 Å². The van der Waals surface area contributed by atoms with Gasteiger partial charge >= 0.3 is 5.97 Å². The number of fused-ring (bicyclic) bond motifs is 2. The van der Waals surface area contributed by atoms with Crippen molar-refractivity contribution in [2.75, 3.05) is 13.2 Å². The molecule has 2 rings (SSSR count). The molecule has 0 aromatic carbocycles. The first-order valence-corrected chi connectivity index (χ1v) is 6.38. The van der Waals surface area contributed by atoms with Crippen molar-refractivity contribution in [3.63, 3.8) is 0 Å². The molecule has 0 aromatic heterocycles. The predicted octanol–water partition coefficient (Wildman–Crippen LogP) is 2.56. The highest BCUT2D eigenvalue weighted by Crippen LogP contribution is 2.48.